The second-order valence-corrected chi connectivity index (χ2v) is 9.64. The van der Waals surface area contributed by atoms with Crippen LogP contribution in [0.25, 0.3) is 11.1 Å². The molecule has 1 fully saturated rings. The first-order valence-corrected chi connectivity index (χ1v) is 12.0. The summed E-state index contributed by atoms with van der Waals surface area (Å²) in [5, 5.41) is 15.0. The highest BCUT2D eigenvalue weighted by molar-refractivity contribution is 5.87. The number of rotatable bonds is 8. The molecule has 0 bridgehead atoms. The van der Waals surface area contributed by atoms with Crippen LogP contribution in [0.15, 0.2) is 48.5 Å². The van der Waals surface area contributed by atoms with E-state index in [1.165, 1.54) is 0 Å². The quantitative estimate of drug-likeness (QED) is 0.531. The van der Waals surface area contributed by atoms with E-state index in [2.05, 4.69) is 22.8 Å². The maximum atomic E-state index is 13.1. The molecule has 0 saturated carbocycles. The summed E-state index contributed by atoms with van der Waals surface area (Å²) < 4.78 is 11.0. The van der Waals surface area contributed by atoms with Crippen LogP contribution < -0.4 is 10.6 Å². The Morgan fingerprint density at radius 1 is 1.03 bits per heavy atom. The lowest BCUT2D eigenvalue weighted by molar-refractivity contribution is -0.140. The Balaban J connectivity index is 1.41. The summed E-state index contributed by atoms with van der Waals surface area (Å²) in [6.45, 7) is 4.54. The van der Waals surface area contributed by atoms with Gasteiger partial charge in [0.1, 0.15) is 12.6 Å². The van der Waals surface area contributed by atoms with Crippen molar-refractivity contribution >= 4 is 18.0 Å². The fraction of sp³-hybridized carbons (Fsp3) is 0.444. The Morgan fingerprint density at radius 3 is 2.14 bits per heavy atom. The van der Waals surface area contributed by atoms with Crippen molar-refractivity contribution < 1.29 is 29.0 Å². The van der Waals surface area contributed by atoms with Crippen molar-refractivity contribution in [2.45, 2.75) is 50.6 Å². The van der Waals surface area contributed by atoms with Crippen molar-refractivity contribution in [3.05, 3.63) is 59.7 Å². The van der Waals surface area contributed by atoms with Crippen LogP contribution >= 0.6 is 0 Å². The number of aliphatic carboxylic acids is 1. The number of carbonyl (C=O) groups is 3. The molecule has 1 atom stereocenters. The number of ether oxygens (including phenoxy) is 2. The number of carboxylic acid groups (broad SMARTS) is 1. The first-order valence-electron chi connectivity index (χ1n) is 12.0. The van der Waals surface area contributed by atoms with E-state index >= 15 is 0 Å². The van der Waals surface area contributed by atoms with Gasteiger partial charge in [-0.1, -0.05) is 62.4 Å². The summed E-state index contributed by atoms with van der Waals surface area (Å²) >= 11 is 0. The Bertz CT molecular complexity index is 1050. The van der Waals surface area contributed by atoms with Gasteiger partial charge in [0.15, 0.2) is 0 Å². The van der Waals surface area contributed by atoms with Crippen molar-refractivity contribution in [2.24, 2.45) is 5.92 Å². The van der Waals surface area contributed by atoms with Crippen molar-refractivity contribution in [1.82, 2.24) is 10.6 Å². The van der Waals surface area contributed by atoms with E-state index in [1.54, 1.807) is 0 Å². The largest absolute Gasteiger partial charge is 0.481 e. The molecule has 3 N–H and O–H groups in total. The second kappa shape index (κ2) is 10.5. The monoisotopic (exact) mass is 480 g/mol. The lowest BCUT2D eigenvalue weighted by Gasteiger charge is -2.38. The molecule has 186 valence electrons. The average Bonchev–Trinajstić information content (AvgIpc) is 3.14. The number of carbonyl (C=O) groups excluding carboxylic acids is 2. The Morgan fingerprint density at radius 2 is 1.60 bits per heavy atom. The number of benzene rings is 2. The van der Waals surface area contributed by atoms with E-state index in [4.69, 9.17) is 9.47 Å². The predicted octanol–water partition coefficient (Wildman–Crippen LogP) is 3.69. The fourth-order valence-electron chi connectivity index (χ4n) is 5.04. The molecule has 1 aliphatic carbocycles. The van der Waals surface area contributed by atoms with E-state index < -0.39 is 29.6 Å². The predicted molar refractivity (Wildman–Crippen MR) is 130 cm³/mol. The maximum Gasteiger partial charge on any atom is 0.407 e. The molecule has 0 radical (unpaired) electrons. The van der Waals surface area contributed by atoms with Gasteiger partial charge in [-0.15, -0.1) is 0 Å². The molecule has 2 aromatic rings. The standard InChI is InChI=1S/C27H32N2O6/c1-17(2)24(25(32)29-27(15-23(30)31)11-13-34-14-12-27)28-26(33)35-16-22-20-9-5-3-7-18(20)19-8-4-6-10-21(19)22/h3-10,17,22,24H,11-16H2,1-2H3,(H,28,33)(H,29,32)(H,30,31)/t24-/m0/s1. The molecule has 2 amide bonds. The summed E-state index contributed by atoms with van der Waals surface area (Å²) in [6.07, 6.45) is -0.0700. The smallest absolute Gasteiger partial charge is 0.407 e. The van der Waals surface area contributed by atoms with Gasteiger partial charge in [-0.05, 0) is 41.0 Å². The van der Waals surface area contributed by atoms with Gasteiger partial charge in [0, 0.05) is 19.1 Å². The molecule has 2 aliphatic rings. The summed E-state index contributed by atoms with van der Waals surface area (Å²) in [5.41, 5.74) is 3.59. The zero-order chi connectivity index (χ0) is 25.0. The minimum absolute atomic E-state index is 0.0828. The van der Waals surface area contributed by atoms with E-state index in [1.807, 2.05) is 50.2 Å². The van der Waals surface area contributed by atoms with E-state index in [0.717, 1.165) is 22.3 Å². The SMILES string of the molecule is CC(C)[C@H](NC(=O)OCC1c2ccccc2-c2ccccc21)C(=O)NC1(CC(=O)O)CCOCC1. The minimum Gasteiger partial charge on any atom is -0.481 e. The number of nitrogens with one attached hydrogen (secondary N) is 2. The van der Waals surface area contributed by atoms with Gasteiger partial charge < -0.3 is 25.2 Å². The molecule has 0 aromatic heterocycles. The van der Waals surface area contributed by atoms with E-state index in [9.17, 15) is 19.5 Å². The number of alkyl carbamates (subject to hydrolysis) is 1. The zero-order valence-electron chi connectivity index (χ0n) is 20.1. The summed E-state index contributed by atoms with van der Waals surface area (Å²) in [4.78, 5) is 37.4. The van der Waals surface area contributed by atoms with Gasteiger partial charge in [-0.25, -0.2) is 4.79 Å². The van der Waals surface area contributed by atoms with Crippen LogP contribution in [0, 0.1) is 5.92 Å². The third-order valence-corrected chi connectivity index (χ3v) is 6.89. The van der Waals surface area contributed by atoms with Gasteiger partial charge >= 0.3 is 12.1 Å². The molecule has 0 spiro atoms. The van der Waals surface area contributed by atoms with Crippen LogP contribution in [0.4, 0.5) is 4.79 Å². The lowest BCUT2D eigenvalue weighted by Crippen LogP contribution is -2.59. The molecule has 4 rings (SSSR count). The third kappa shape index (κ3) is 5.48. The van der Waals surface area contributed by atoms with Crippen molar-refractivity contribution in [3.8, 4) is 11.1 Å². The van der Waals surface area contributed by atoms with Gasteiger partial charge in [0.2, 0.25) is 5.91 Å². The van der Waals surface area contributed by atoms with Crippen molar-refractivity contribution in [3.63, 3.8) is 0 Å². The van der Waals surface area contributed by atoms with Crippen LogP contribution in [0.5, 0.6) is 0 Å². The Kier molecular flexibility index (Phi) is 7.40. The molecule has 1 heterocycles. The van der Waals surface area contributed by atoms with Gasteiger partial charge in [0.05, 0.1) is 12.0 Å². The van der Waals surface area contributed by atoms with Crippen LogP contribution in [-0.4, -0.2) is 54.5 Å². The van der Waals surface area contributed by atoms with Crippen LogP contribution in [0.2, 0.25) is 0 Å². The van der Waals surface area contributed by atoms with Crippen LogP contribution in [0.1, 0.15) is 50.2 Å². The number of hydrogen-bond acceptors (Lipinski definition) is 5. The minimum atomic E-state index is -0.988. The maximum absolute atomic E-state index is 13.1. The third-order valence-electron chi connectivity index (χ3n) is 6.89. The highest BCUT2D eigenvalue weighted by Gasteiger charge is 2.39. The molecule has 0 unspecified atom stereocenters. The number of amides is 2. The molecule has 2 aromatic carbocycles. The number of carboxylic acids is 1. The molecular weight excluding hydrogens is 448 g/mol. The fourth-order valence-corrected chi connectivity index (χ4v) is 5.04. The van der Waals surface area contributed by atoms with Crippen molar-refractivity contribution in [1.29, 1.82) is 0 Å². The topological polar surface area (TPSA) is 114 Å². The first kappa shape index (κ1) is 24.7. The molecular formula is C27H32N2O6. The van der Waals surface area contributed by atoms with Crippen LogP contribution in [-0.2, 0) is 19.1 Å². The highest BCUT2D eigenvalue weighted by Crippen LogP contribution is 2.44. The Hall–Kier alpha value is -3.39. The van der Waals surface area contributed by atoms with Gasteiger partial charge in [-0.2, -0.15) is 0 Å². The summed E-state index contributed by atoms with van der Waals surface area (Å²) in [7, 11) is 0. The van der Waals surface area contributed by atoms with Gasteiger partial charge in [-0.3, -0.25) is 9.59 Å². The molecule has 1 aliphatic heterocycles. The lowest BCUT2D eigenvalue weighted by atomic mass is 9.85. The second-order valence-electron chi connectivity index (χ2n) is 9.64. The number of hydrogen-bond donors (Lipinski definition) is 3. The summed E-state index contributed by atoms with van der Waals surface area (Å²) in [5.74, 6) is -1.72. The normalized spacial score (nSPS) is 17.2. The number of fused-ring (bicyclic) bond motifs is 3. The Labute approximate surface area is 205 Å². The summed E-state index contributed by atoms with van der Waals surface area (Å²) in [6, 6.07) is 15.3. The van der Waals surface area contributed by atoms with E-state index in [0.29, 0.717) is 26.1 Å². The van der Waals surface area contributed by atoms with Gasteiger partial charge in [0.25, 0.3) is 0 Å². The average molecular weight is 481 g/mol. The highest BCUT2D eigenvalue weighted by atomic mass is 16.5. The molecule has 8 nitrogen and oxygen atoms in total. The van der Waals surface area contributed by atoms with Crippen molar-refractivity contribution in [2.75, 3.05) is 19.8 Å². The van der Waals surface area contributed by atoms with Crippen LogP contribution in [0.3, 0.4) is 0 Å². The molecule has 35 heavy (non-hydrogen) atoms. The van der Waals surface area contributed by atoms with E-state index in [-0.39, 0.29) is 24.9 Å². The first-order chi connectivity index (χ1) is 16.8. The zero-order valence-corrected chi connectivity index (χ0v) is 20.1. The molecule has 1 saturated heterocycles. The molecule has 8 heteroatoms.